The molecule has 1 amide bonds. The number of hydrogen-bond acceptors (Lipinski definition) is 4. The maximum atomic E-state index is 12.0. The van der Waals surface area contributed by atoms with E-state index < -0.39 is 0 Å². The molecule has 0 aliphatic carbocycles. The molecule has 0 saturated carbocycles. The fraction of sp³-hybridized carbons (Fsp3) is 0.154. The first-order chi connectivity index (χ1) is 9.10. The van der Waals surface area contributed by atoms with Crippen LogP contribution >= 0.6 is 11.6 Å². The molecule has 0 atom stereocenters. The Balaban J connectivity index is 2.18. The van der Waals surface area contributed by atoms with Gasteiger partial charge in [-0.3, -0.25) is 4.79 Å². The summed E-state index contributed by atoms with van der Waals surface area (Å²) in [4.78, 5) is 12.0. The number of aryl methyl sites for hydroxylation is 1. The van der Waals surface area contributed by atoms with Crippen molar-refractivity contribution in [2.75, 3.05) is 17.7 Å². The Morgan fingerprint density at radius 2 is 2.00 bits per heavy atom. The zero-order valence-corrected chi connectivity index (χ0v) is 11.3. The first-order valence-electron chi connectivity index (χ1n) is 5.69. The molecule has 0 unspecified atom stereocenters. The van der Waals surface area contributed by atoms with Crippen LogP contribution in [0.4, 0.5) is 11.5 Å². The summed E-state index contributed by atoms with van der Waals surface area (Å²) in [6.45, 7) is 1.89. The van der Waals surface area contributed by atoms with Gasteiger partial charge in [0.2, 0.25) is 0 Å². The summed E-state index contributed by atoms with van der Waals surface area (Å²) in [7, 11) is 1.74. The summed E-state index contributed by atoms with van der Waals surface area (Å²) in [5.74, 6) is 0.288. The van der Waals surface area contributed by atoms with Gasteiger partial charge >= 0.3 is 0 Å². The Morgan fingerprint density at radius 3 is 2.63 bits per heavy atom. The lowest BCUT2D eigenvalue weighted by Gasteiger charge is -2.08. The van der Waals surface area contributed by atoms with Crippen molar-refractivity contribution in [3.63, 3.8) is 0 Å². The Labute approximate surface area is 116 Å². The molecule has 19 heavy (non-hydrogen) atoms. The number of aromatic nitrogens is 2. The van der Waals surface area contributed by atoms with Crippen LogP contribution in [0.15, 0.2) is 30.3 Å². The summed E-state index contributed by atoms with van der Waals surface area (Å²) >= 11 is 5.90. The van der Waals surface area contributed by atoms with E-state index >= 15 is 0 Å². The van der Waals surface area contributed by atoms with Crippen molar-refractivity contribution in [2.24, 2.45) is 0 Å². The molecule has 2 aromatic rings. The van der Waals surface area contributed by atoms with Crippen molar-refractivity contribution in [1.82, 2.24) is 10.2 Å². The normalized spacial score (nSPS) is 10.1. The molecule has 98 valence electrons. The molecule has 1 heterocycles. The van der Waals surface area contributed by atoms with E-state index in [4.69, 9.17) is 11.6 Å². The zero-order chi connectivity index (χ0) is 13.8. The summed E-state index contributed by atoms with van der Waals surface area (Å²) in [5, 5.41) is 13.9. The second-order valence-corrected chi connectivity index (χ2v) is 4.40. The molecule has 0 spiro atoms. The van der Waals surface area contributed by atoms with Crippen molar-refractivity contribution in [3.05, 3.63) is 46.6 Å². The van der Waals surface area contributed by atoms with Gasteiger partial charge in [-0.25, -0.2) is 0 Å². The second-order valence-electron chi connectivity index (χ2n) is 3.97. The van der Waals surface area contributed by atoms with Gasteiger partial charge in [0.05, 0.1) is 0 Å². The third-order valence-corrected chi connectivity index (χ3v) is 2.84. The van der Waals surface area contributed by atoms with Crippen LogP contribution in [0.5, 0.6) is 0 Å². The molecule has 0 saturated heterocycles. The van der Waals surface area contributed by atoms with Gasteiger partial charge in [-0.05, 0) is 36.8 Å². The number of nitrogens with one attached hydrogen (secondary N) is 2. The highest BCUT2D eigenvalue weighted by Crippen LogP contribution is 2.20. The van der Waals surface area contributed by atoms with E-state index in [1.54, 1.807) is 31.3 Å². The lowest BCUT2D eigenvalue weighted by atomic mass is 10.2. The number of carbonyl (C=O) groups excluding carboxylic acids is 1. The fourth-order valence-electron chi connectivity index (χ4n) is 1.50. The molecule has 2 N–H and O–H groups in total. The van der Waals surface area contributed by atoms with Crippen LogP contribution in [0.25, 0.3) is 0 Å². The molecule has 5 nitrogen and oxygen atoms in total. The van der Waals surface area contributed by atoms with E-state index in [0.29, 0.717) is 16.5 Å². The lowest BCUT2D eigenvalue weighted by molar-refractivity contribution is 0.102. The Hall–Kier alpha value is -2.14. The number of nitrogens with zero attached hydrogens (tertiary/aromatic N) is 2. The van der Waals surface area contributed by atoms with Crippen molar-refractivity contribution >= 4 is 29.0 Å². The number of halogens is 1. The Morgan fingerprint density at radius 1 is 1.21 bits per heavy atom. The average molecular weight is 277 g/mol. The summed E-state index contributed by atoms with van der Waals surface area (Å²) in [6, 6.07) is 8.60. The molecule has 0 aliphatic rings. The standard InChI is InChI=1S/C13H13ClN4O/c1-8-3-4-9(14)7-11(8)16-13(19)10-5-6-12(15-2)18-17-10/h3-7H,1-2H3,(H,15,18)(H,16,19). The minimum atomic E-state index is -0.319. The van der Waals surface area contributed by atoms with E-state index in [1.807, 2.05) is 13.0 Å². The van der Waals surface area contributed by atoms with Crippen molar-refractivity contribution in [2.45, 2.75) is 6.92 Å². The lowest BCUT2D eigenvalue weighted by Crippen LogP contribution is -2.15. The topological polar surface area (TPSA) is 66.9 Å². The molecule has 0 bridgehead atoms. The van der Waals surface area contributed by atoms with Crippen LogP contribution in [0.2, 0.25) is 5.02 Å². The summed E-state index contributed by atoms with van der Waals surface area (Å²) in [5.41, 5.74) is 1.84. The van der Waals surface area contributed by atoms with E-state index in [0.717, 1.165) is 5.56 Å². The van der Waals surface area contributed by atoms with Gasteiger partial charge in [-0.1, -0.05) is 17.7 Å². The molecule has 0 aliphatic heterocycles. The molecular weight excluding hydrogens is 264 g/mol. The van der Waals surface area contributed by atoms with Crippen molar-refractivity contribution < 1.29 is 4.79 Å². The fourth-order valence-corrected chi connectivity index (χ4v) is 1.67. The van der Waals surface area contributed by atoms with E-state index in [2.05, 4.69) is 20.8 Å². The highest BCUT2D eigenvalue weighted by atomic mass is 35.5. The third-order valence-electron chi connectivity index (χ3n) is 2.60. The summed E-state index contributed by atoms with van der Waals surface area (Å²) in [6.07, 6.45) is 0. The number of hydrogen-bond donors (Lipinski definition) is 2. The largest absolute Gasteiger partial charge is 0.372 e. The molecule has 1 aromatic carbocycles. The predicted molar refractivity (Wildman–Crippen MR) is 75.7 cm³/mol. The average Bonchev–Trinajstić information content (AvgIpc) is 2.43. The first-order valence-corrected chi connectivity index (χ1v) is 6.07. The van der Waals surface area contributed by atoms with Crippen LogP contribution in [0.3, 0.4) is 0 Å². The monoisotopic (exact) mass is 276 g/mol. The minimum absolute atomic E-state index is 0.248. The molecule has 6 heteroatoms. The molecular formula is C13H13ClN4O. The Bertz CT molecular complexity index is 598. The van der Waals surface area contributed by atoms with Gasteiger partial charge in [-0.15, -0.1) is 10.2 Å². The molecule has 1 aromatic heterocycles. The molecule has 2 rings (SSSR count). The van der Waals surface area contributed by atoms with Crippen LogP contribution in [-0.2, 0) is 0 Å². The van der Waals surface area contributed by atoms with Gasteiger partial charge < -0.3 is 10.6 Å². The number of rotatable bonds is 3. The number of benzene rings is 1. The zero-order valence-electron chi connectivity index (χ0n) is 10.6. The smallest absolute Gasteiger partial charge is 0.276 e. The van der Waals surface area contributed by atoms with Crippen molar-refractivity contribution in [3.8, 4) is 0 Å². The number of carbonyl (C=O) groups is 1. The second kappa shape index (κ2) is 5.67. The minimum Gasteiger partial charge on any atom is -0.372 e. The molecule has 0 radical (unpaired) electrons. The van der Waals surface area contributed by atoms with Crippen LogP contribution < -0.4 is 10.6 Å². The van der Waals surface area contributed by atoms with Gasteiger partial charge in [0, 0.05) is 17.8 Å². The number of amides is 1. The van der Waals surface area contributed by atoms with Crippen LogP contribution in [0.1, 0.15) is 16.1 Å². The predicted octanol–water partition coefficient (Wildman–Crippen LogP) is 2.73. The highest BCUT2D eigenvalue weighted by Gasteiger charge is 2.10. The maximum Gasteiger partial charge on any atom is 0.276 e. The Kier molecular flexibility index (Phi) is 3.97. The van der Waals surface area contributed by atoms with Gasteiger partial charge in [-0.2, -0.15) is 0 Å². The maximum absolute atomic E-state index is 12.0. The summed E-state index contributed by atoms with van der Waals surface area (Å²) < 4.78 is 0. The van der Waals surface area contributed by atoms with Crippen LogP contribution in [0, 0.1) is 6.92 Å². The van der Waals surface area contributed by atoms with Gasteiger partial charge in [0.1, 0.15) is 5.82 Å². The van der Waals surface area contributed by atoms with Crippen LogP contribution in [-0.4, -0.2) is 23.2 Å². The van der Waals surface area contributed by atoms with Gasteiger partial charge in [0.15, 0.2) is 5.69 Å². The first kappa shape index (κ1) is 13.3. The highest BCUT2D eigenvalue weighted by molar-refractivity contribution is 6.31. The van der Waals surface area contributed by atoms with Gasteiger partial charge in [0.25, 0.3) is 5.91 Å². The SMILES string of the molecule is CNc1ccc(C(=O)Nc2cc(Cl)ccc2C)nn1. The number of anilines is 2. The van der Waals surface area contributed by atoms with E-state index in [9.17, 15) is 4.79 Å². The van der Waals surface area contributed by atoms with E-state index in [1.165, 1.54) is 0 Å². The molecule has 0 fully saturated rings. The third kappa shape index (κ3) is 3.20. The van der Waals surface area contributed by atoms with E-state index in [-0.39, 0.29) is 11.6 Å². The quantitative estimate of drug-likeness (QED) is 0.905. The van der Waals surface area contributed by atoms with Crippen molar-refractivity contribution in [1.29, 1.82) is 0 Å².